The van der Waals surface area contributed by atoms with Crippen LogP contribution in [0.3, 0.4) is 0 Å². The third kappa shape index (κ3) is 13.5. The van der Waals surface area contributed by atoms with E-state index < -0.39 is 0 Å². The Labute approximate surface area is 561 Å². The first-order valence-corrected chi connectivity index (χ1v) is 34.7. The Morgan fingerprint density at radius 2 is 1.18 bits per heavy atom. The van der Waals surface area contributed by atoms with E-state index in [0.717, 1.165) is 184 Å². The lowest BCUT2D eigenvalue weighted by molar-refractivity contribution is -0.687. The van der Waals surface area contributed by atoms with E-state index in [1.54, 1.807) is 12.5 Å². The lowest BCUT2D eigenvalue weighted by Crippen LogP contribution is -2.43. The van der Waals surface area contributed by atoms with Crippen LogP contribution >= 0.6 is 0 Å². The first-order valence-electron chi connectivity index (χ1n) is 34.7. The maximum absolute atomic E-state index is 4.98. The molecule has 7 N–H and O–H groups in total. The molecule has 0 radical (unpaired) electrons. The van der Waals surface area contributed by atoms with Gasteiger partial charge in [-0.2, -0.15) is 0 Å². The maximum Gasteiger partial charge on any atom is 0.380 e. The summed E-state index contributed by atoms with van der Waals surface area (Å²) in [4.78, 5) is 63.1. The smallest absolute Gasteiger partial charge is 0.368 e. The van der Waals surface area contributed by atoms with E-state index >= 15 is 0 Å². The van der Waals surface area contributed by atoms with Crippen molar-refractivity contribution in [1.82, 2.24) is 60.8 Å². The average molecular weight is 1290 g/mol. The molecule has 13 heterocycles. The van der Waals surface area contributed by atoms with Crippen molar-refractivity contribution in [2.24, 2.45) is 36.8 Å². The molecule has 6 aromatic heterocycles. The molecule has 0 amide bonds. The number of fused-ring (bicyclic) bond motifs is 8. The highest BCUT2D eigenvalue weighted by atomic mass is 15.4. The van der Waals surface area contributed by atoms with Gasteiger partial charge in [-0.25, -0.2) is 39.9 Å². The quantitative estimate of drug-likeness (QED) is 0.0594. The Kier molecular flexibility index (Phi) is 18.3. The fourth-order valence-corrected chi connectivity index (χ4v) is 15.5. The van der Waals surface area contributed by atoms with E-state index in [4.69, 9.17) is 30.0 Å². The molecule has 7 aliphatic heterocycles. The summed E-state index contributed by atoms with van der Waals surface area (Å²) in [6.07, 6.45) is 31.1. The van der Waals surface area contributed by atoms with Gasteiger partial charge in [-0.3, -0.25) is 15.3 Å². The van der Waals surface area contributed by atoms with E-state index in [1.807, 2.05) is 53.7 Å². The molecule has 494 valence electrons. The number of benzodiazepines with no additional fused rings is 1. The number of hydrogen-bond donors (Lipinski definition) is 7. The third-order valence-corrected chi connectivity index (χ3v) is 20.4. The van der Waals surface area contributed by atoms with E-state index in [2.05, 4.69) is 156 Å². The fraction of sp³-hybridized carbons (Fsp3) is 0.444. The number of anilines is 10. The van der Waals surface area contributed by atoms with Crippen molar-refractivity contribution in [2.45, 2.75) is 103 Å². The third-order valence-electron chi connectivity index (χ3n) is 20.4. The summed E-state index contributed by atoms with van der Waals surface area (Å²) < 4.78 is 1.81. The van der Waals surface area contributed by atoms with Crippen LogP contribution in [-0.4, -0.2) is 154 Å². The van der Waals surface area contributed by atoms with E-state index in [9.17, 15) is 0 Å². The summed E-state index contributed by atoms with van der Waals surface area (Å²) >= 11 is 0. The van der Waals surface area contributed by atoms with E-state index in [1.165, 1.54) is 81.0 Å². The molecule has 1 aromatic carbocycles. The highest BCUT2D eigenvalue weighted by Crippen LogP contribution is 2.55. The number of benzene rings is 1. The number of rotatable bonds is 11. The average Bonchev–Trinajstić information content (AvgIpc) is 1.60. The standard InChI is InChI=1S/C26H30N8.C24H29N7.C22H27N9/c1-17(2)25-21-14-19(4-6-23(21)31-18(3)15-30-25)22-8-9-28-26(32-22)33-24-7-5-20(16-29-24)34-12-10-27-11-13-34;1-2-6-24(7-3-1)8-9-26-19-14-17-15-28-23(30-22(17)21(19)24)29-20-5-4-18(16-27-20)31-12-10-25-11-13-31;1-2-6-22(7-3-1)8-9-24-19-18(22)20-28-21(26-15-31(20)29-19)27-17-5-4-16(14-25-17)30-12-10-23-11-13-30/h4-9,14,16-17,27,31H,3,10-13,15H2,1-2H3,(H,28,29,32,33);4-5,9,15-16,25H,1-3,6-8,10-14H2,(H,27,28,29,30);4-5,9,14-15,18,23H,1-3,6-8,10-13H2/p+1. The lowest BCUT2D eigenvalue weighted by Gasteiger charge is -2.41. The Morgan fingerprint density at radius 3 is 1.77 bits per heavy atom. The lowest BCUT2D eigenvalue weighted by atomic mass is 9.62. The molecule has 24 heteroatoms. The largest absolute Gasteiger partial charge is 0.380 e. The van der Waals surface area contributed by atoms with Gasteiger partial charge in [0.25, 0.3) is 12.2 Å². The van der Waals surface area contributed by atoms with Gasteiger partial charge < -0.3 is 46.6 Å². The molecule has 2 spiro atoms. The topological polar surface area (TPSA) is 263 Å². The summed E-state index contributed by atoms with van der Waals surface area (Å²) in [7, 11) is 0. The van der Waals surface area contributed by atoms with E-state index in [0.29, 0.717) is 30.3 Å². The molecular weight excluding hydrogens is 1200 g/mol. The second-order valence-corrected chi connectivity index (χ2v) is 27.0. The molecule has 3 aliphatic carbocycles. The van der Waals surface area contributed by atoms with Gasteiger partial charge in [-0.15, -0.1) is 4.68 Å². The summed E-state index contributed by atoms with van der Waals surface area (Å²) in [5.74, 6) is 6.23. The van der Waals surface area contributed by atoms with Crippen LogP contribution in [0.4, 0.5) is 58.0 Å². The Hall–Kier alpha value is -9.52. The molecule has 96 heavy (non-hydrogen) atoms. The second kappa shape index (κ2) is 28.0. The van der Waals surface area contributed by atoms with Crippen molar-refractivity contribution >= 4 is 87.6 Å². The van der Waals surface area contributed by atoms with Crippen LogP contribution in [0.1, 0.15) is 119 Å². The normalized spacial score (nSPS) is 20.4. The fourth-order valence-electron chi connectivity index (χ4n) is 15.5. The van der Waals surface area contributed by atoms with Gasteiger partial charge in [0.05, 0.1) is 59.3 Å². The number of hydrogen-bond acceptors (Lipinski definition) is 23. The minimum atomic E-state index is 0.157. The maximum atomic E-state index is 4.98. The monoisotopic (exact) mass is 1290 g/mol. The number of nitrogens with zero attached hydrogens (tertiary/aromatic N) is 17. The Bertz CT molecular complexity index is 4090. The molecule has 2 saturated carbocycles. The van der Waals surface area contributed by atoms with Crippen molar-refractivity contribution in [2.75, 3.05) is 121 Å². The number of nitrogens with one attached hydrogen (secondary N) is 7. The zero-order valence-corrected chi connectivity index (χ0v) is 55.2. The van der Waals surface area contributed by atoms with Crippen molar-refractivity contribution in [3.05, 3.63) is 139 Å². The molecule has 17 rings (SSSR count). The van der Waals surface area contributed by atoms with Crippen molar-refractivity contribution in [3.63, 3.8) is 0 Å². The van der Waals surface area contributed by atoms with Gasteiger partial charge >= 0.3 is 5.95 Å². The van der Waals surface area contributed by atoms with Gasteiger partial charge in [-0.05, 0) is 109 Å². The van der Waals surface area contributed by atoms with Crippen LogP contribution in [0, 0.1) is 16.7 Å². The number of allylic oxidation sites excluding steroid dienone is 2. The minimum absolute atomic E-state index is 0.157. The number of aliphatic imine (C=N–C) groups is 3. The van der Waals surface area contributed by atoms with Crippen LogP contribution < -0.4 is 56.6 Å². The van der Waals surface area contributed by atoms with Gasteiger partial charge in [0, 0.05) is 155 Å². The Morgan fingerprint density at radius 1 is 0.594 bits per heavy atom. The van der Waals surface area contributed by atoms with Crippen molar-refractivity contribution < 1.29 is 4.68 Å². The van der Waals surface area contributed by atoms with Crippen LogP contribution in [0.15, 0.2) is 136 Å². The number of piperazine rings is 3. The first-order chi connectivity index (χ1) is 47.2. The summed E-state index contributed by atoms with van der Waals surface area (Å²) in [6, 6.07) is 20.5. The zero-order valence-electron chi connectivity index (χ0n) is 55.2. The van der Waals surface area contributed by atoms with Crippen molar-refractivity contribution in [3.8, 4) is 11.3 Å². The predicted octanol–water partition coefficient (Wildman–Crippen LogP) is 9.79. The number of aromatic nitrogens is 10. The highest BCUT2D eigenvalue weighted by molar-refractivity contribution is 6.08. The molecule has 1 atom stereocenters. The zero-order chi connectivity index (χ0) is 64.8. The van der Waals surface area contributed by atoms with Gasteiger partial charge in [0.2, 0.25) is 11.9 Å². The molecule has 24 nitrogen and oxygen atoms in total. The first kappa shape index (κ1) is 62.6. The summed E-state index contributed by atoms with van der Waals surface area (Å²) in [5.41, 5.74) is 14.7. The predicted molar refractivity (Wildman–Crippen MR) is 382 cm³/mol. The van der Waals surface area contributed by atoms with Crippen molar-refractivity contribution in [1.29, 1.82) is 0 Å². The summed E-state index contributed by atoms with van der Waals surface area (Å²) in [5, 5.41) is 28.1. The number of amidine groups is 1. The Balaban J connectivity index is 0.000000118. The molecule has 3 saturated heterocycles. The van der Waals surface area contributed by atoms with Crippen LogP contribution in [-0.2, 0) is 6.42 Å². The van der Waals surface area contributed by atoms with Crippen LogP contribution in [0.25, 0.3) is 16.8 Å². The van der Waals surface area contributed by atoms with Gasteiger partial charge in [0.1, 0.15) is 23.4 Å². The van der Waals surface area contributed by atoms with Crippen LogP contribution in [0.5, 0.6) is 0 Å². The molecule has 0 bridgehead atoms. The molecule has 7 aromatic rings. The highest BCUT2D eigenvalue weighted by Gasteiger charge is 2.52. The minimum Gasteiger partial charge on any atom is -0.368 e. The SMILES string of the molecule is C1=NC2=C(c3nc(Nc4ccc(N5CCNCC5)cn4)ncc3C2)C2(C1)CCCCC2.C1=NC2=N[n+]3cnc(Nc4ccc(N5CCNCC5)cn4)nc3C2C2(C1)CCCCC2.C=C1CN=C(C(C)C)c2cc(-c3ccnc(Nc4ccc(N5CCNCC5)cn4)n3)ccc2N1. The molecular formula is C72H87N24+. The van der Waals surface area contributed by atoms with Gasteiger partial charge in [-0.1, -0.05) is 75.1 Å². The summed E-state index contributed by atoms with van der Waals surface area (Å²) in [6.45, 7) is 21.1. The number of pyridine rings is 3. The second-order valence-electron chi connectivity index (χ2n) is 27.0. The van der Waals surface area contributed by atoms with Crippen LogP contribution in [0.2, 0.25) is 0 Å². The van der Waals surface area contributed by atoms with E-state index in [-0.39, 0.29) is 16.7 Å². The molecule has 1 unspecified atom stereocenters. The van der Waals surface area contributed by atoms with Gasteiger partial charge in [0.15, 0.2) is 5.84 Å². The molecule has 5 fully saturated rings. The molecule has 10 aliphatic rings.